The topological polar surface area (TPSA) is 32.3 Å². The molecule has 3 nitrogen and oxygen atoms in total. The summed E-state index contributed by atoms with van der Waals surface area (Å²) in [7, 11) is 3.37. The lowest BCUT2D eigenvalue weighted by Crippen LogP contribution is -2.24. The monoisotopic (exact) mass is 244 g/mol. The van der Waals surface area contributed by atoms with Crippen molar-refractivity contribution < 1.29 is 9.18 Å². The van der Waals surface area contributed by atoms with Gasteiger partial charge in [0.15, 0.2) is 0 Å². The summed E-state index contributed by atoms with van der Waals surface area (Å²) in [6, 6.07) is 4.27. The fourth-order valence-electron chi connectivity index (χ4n) is 1.16. The Labute approximate surface area is 99.2 Å². The van der Waals surface area contributed by atoms with E-state index in [0.717, 1.165) is 0 Å². The summed E-state index contributed by atoms with van der Waals surface area (Å²) in [6.07, 6.45) is 0.318. The minimum atomic E-state index is -0.373. The van der Waals surface area contributed by atoms with Gasteiger partial charge in [-0.05, 0) is 18.2 Å². The molecule has 0 unspecified atom stereocenters. The standard InChI is InChI=1S/C11H14ClFN2O/c1-15(2)11(16)5-6-14-10-7-8(12)3-4-9(10)13/h3-4,7,14H,5-6H2,1-2H3. The number of nitrogens with zero attached hydrogens (tertiary/aromatic N) is 1. The van der Waals surface area contributed by atoms with Crippen molar-refractivity contribution in [3.63, 3.8) is 0 Å². The quantitative estimate of drug-likeness (QED) is 0.882. The molecule has 1 amide bonds. The number of hydrogen-bond acceptors (Lipinski definition) is 2. The van der Waals surface area contributed by atoms with Crippen LogP contribution in [0.5, 0.6) is 0 Å². The van der Waals surface area contributed by atoms with Crippen LogP contribution in [0.3, 0.4) is 0 Å². The average molecular weight is 245 g/mol. The van der Waals surface area contributed by atoms with Gasteiger partial charge in [0.1, 0.15) is 5.82 Å². The zero-order valence-corrected chi connectivity index (χ0v) is 10.0. The molecule has 0 saturated heterocycles. The van der Waals surface area contributed by atoms with Gasteiger partial charge >= 0.3 is 0 Å². The number of nitrogens with one attached hydrogen (secondary N) is 1. The molecule has 0 heterocycles. The van der Waals surface area contributed by atoms with Crippen LogP contribution in [-0.2, 0) is 4.79 Å². The highest BCUT2D eigenvalue weighted by molar-refractivity contribution is 6.30. The average Bonchev–Trinajstić information content (AvgIpc) is 2.22. The largest absolute Gasteiger partial charge is 0.382 e. The lowest BCUT2D eigenvalue weighted by Gasteiger charge is -2.11. The molecule has 0 bridgehead atoms. The van der Waals surface area contributed by atoms with Crippen molar-refractivity contribution in [2.24, 2.45) is 0 Å². The number of amides is 1. The van der Waals surface area contributed by atoms with Gasteiger partial charge in [-0.3, -0.25) is 4.79 Å². The molecule has 1 rings (SSSR count). The predicted molar refractivity (Wildman–Crippen MR) is 63.2 cm³/mol. The molecule has 88 valence electrons. The van der Waals surface area contributed by atoms with Crippen molar-refractivity contribution in [3.8, 4) is 0 Å². The van der Waals surface area contributed by atoms with Crippen molar-refractivity contribution in [1.29, 1.82) is 0 Å². The van der Waals surface area contributed by atoms with E-state index in [1.807, 2.05) is 0 Å². The second kappa shape index (κ2) is 5.70. The Kier molecular flexibility index (Phi) is 4.55. The van der Waals surface area contributed by atoms with Crippen LogP contribution < -0.4 is 5.32 Å². The Hall–Kier alpha value is -1.29. The fraction of sp³-hybridized carbons (Fsp3) is 0.364. The molecule has 1 aromatic carbocycles. The van der Waals surface area contributed by atoms with E-state index in [9.17, 15) is 9.18 Å². The zero-order valence-electron chi connectivity index (χ0n) is 9.26. The van der Waals surface area contributed by atoms with E-state index in [4.69, 9.17) is 11.6 Å². The molecule has 0 aromatic heterocycles. The van der Waals surface area contributed by atoms with Crippen LogP contribution in [0.2, 0.25) is 5.02 Å². The summed E-state index contributed by atoms with van der Waals surface area (Å²) >= 11 is 5.73. The molecule has 16 heavy (non-hydrogen) atoms. The maximum Gasteiger partial charge on any atom is 0.223 e. The normalized spacial score (nSPS) is 10.0. The third-order valence-electron chi connectivity index (χ3n) is 2.08. The first-order chi connectivity index (χ1) is 7.50. The maximum atomic E-state index is 13.2. The van der Waals surface area contributed by atoms with Gasteiger partial charge in [-0.2, -0.15) is 0 Å². The van der Waals surface area contributed by atoms with Gasteiger partial charge in [0.05, 0.1) is 5.69 Å². The maximum absolute atomic E-state index is 13.2. The summed E-state index contributed by atoms with van der Waals surface area (Å²) in [6.45, 7) is 0.383. The molecule has 0 saturated carbocycles. The van der Waals surface area contributed by atoms with Crippen LogP contribution in [0.15, 0.2) is 18.2 Å². The van der Waals surface area contributed by atoms with Crippen LogP contribution >= 0.6 is 11.6 Å². The molecule has 0 fully saturated rings. The zero-order chi connectivity index (χ0) is 12.1. The van der Waals surface area contributed by atoms with Crippen molar-refractivity contribution in [2.75, 3.05) is 26.0 Å². The molecular weight excluding hydrogens is 231 g/mol. The molecule has 0 radical (unpaired) electrons. The van der Waals surface area contributed by atoms with E-state index in [1.165, 1.54) is 23.1 Å². The number of halogens is 2. The molecule has 0 aliphatic heterocycles. The third kappa shape index (κ3) is 3.70. The molecule has 1 aromatic rings. The lowest BCUT2D eigenvalue weighted by molar-refractivity contribution is -0.128. The van der Waals surface area contributed by atoms with Crippen molar-refractivity contribution in [1.82, 2.24) is 4.90 Å². The highest BCUT2D eigenvalue weighted by atomic mass is 35.5. The highest BCUT2D eigenvalue weighted by Crippen LogP contribution is 2.19. The first-order valence-corrected chi connectivity index (χ1v) is 5.27. The van der Waals surface area contributed by atoms with Crippen LogP contribution in [0.4, 0.5) is 10.1 Å². The van der Waals surface area contributed by atoms with Gasteiger partial charge in [-0.15, -0.1) is 0 Å². The minimum Gasteiger partial charge on any atom is -0.382 e. The second-order valence-electron chi connectivity index (χ2n) is 3.59. The van der Waals surface area contributed by atoms with E-state index < -0.39 is 0 Å². The highest BCUT2D eigenvalue weighted by Gasteiger charge is 2.05. The number of anilines is 1. The minimum absolute atomic E-state index is 0.00469. The van der Waals surface area contributed by atoms with Crippen molar-refractivity contribution >= 4 is 23.2 Å². The number of benzene rings is 1. The fourth-order valence-corrected chi connectivity index (χ4v) is 1.33. The number of rotatable bonds is 4. The van der Waals surface area contributed by atoms with E-state index >= 15 is 0 Å². The van der Waals surface area contributed by atoms with E-state index in [0.29, 0.717) is 23.7 Å². The van der Waals surface area contributed by atoms with Crippen LogP contribution in [-0.4, -0.2) is 31.4 Å². The molecule has 0 spiro atoms. The molecule has 0 aliphatic carbocycles. The molecule has 0 atom stereocenters. The Morgan fingerprint density at radius 2 is 2.19 bits per heavy atom. The molecule has 1 N–H and O–H groups in total. The summed E-state index contributed by atoms with van der Waals surface area (Å²) in [5.41, 5.74) is 0.319. The van der Waals surface area contributed by atoms with E-state index in [1.54, 1.807) is 14.1 Å². The first kappa shape index (κ1) is 12.8. The summed E-state index contributed by atoms with van der Waals surface area (Å²) in [5.74, 6) is -0.378. The third-order valence-corrected chi connectivity index (χ3v) is 2.32. The van der Waals surface area contributed by atoms with Crippen LogP contribution in [0.1, 0.15) is 6.42 Å². The second-order valence-corrected chi connectivity index (χ2v) is 4.03. The van der Waals surface area contributed by atoms with Gasteiger partial charge in [0, 0.05) is 32.1 Å². The van der Waals surface area contributed by atoms with Crippen molar-refractivity contribution in [3.05, 3.63) is 29.0 Å². The molecule has 0 aliphatic rings. The lowest BCUT2D eigenvalue weighted by atomic mass is 10.3. The summed E-state index contributed by atoms with van der Waals surface area (Å²) in [5, 5.41) is 3.29. The van der Waals surface area contributed by atoms with Gasteiger partial charge in [0.2, 0.25) is 5.91 Å². The van der Waals surface area contributed by atoms with Gasteiger partial charge in [-0.1, -0.05) is 11.6 Å². The van der Waals surface area contributed by atoms with Gasteiger partial charge in [0.25, 0.3) is 0 Å². The van der Waals surface area contributed by atoms with Gasteiger partial charge in [-0.25, -0.2) is 4.39 Å². The van der Waals surface area contributed by atoms with Crippen molar-refractivity contribution in [2.45, 2.75) is 6.42 Å². The smallest absolute Gasteiger partial charge is 0.223 e. The van der Waals surface area contributed by atoms with E-state index in [-0.39, 0.29) is 11.7 Å². The summed E-state index contributed by atoms with van der Waals surface area (Å²) < 4.78 is 13.2. The number of carbonyl (C=O) groups is 1. The Morgan fingerprint density at radius 3 is 2.81 bits per heavy atom. The van der Waals surface area contributed by atoms with E-state index in [2.05, 4.69) is 5.32 Å². The number of hydrogen-bond donors (Lipinski definition) is 1. The predicted octanol–water partition coefficient (Wildman–Crippen LogP) is 2.37. The molecule has 5 heteroatoms. The summed E-state index contributed by atoms with van der Waals surface area (Å²) in [4.78, 5) is 12.7. The first-order valence-electron chi connectivity index (χ1n) is 4.90. The molecular formula is C11H14ClFN2O. The van der Waals surface area contributed by atoms with Gasteiger partial charge < -0.3 is 10.2 Å². The Morgan fingerprint density at radius 1 is 1.50 bits per heavy atom. The SMILES string of the molecule is CN(C)C(=O)CCNc1cc(Cl)ccc1F. The van der Waals surface area contributed by atoms with Crippen LogP contribution in [0.25, 0.3) is 0 Å². The van der Waals surface area contributed by atoms with Crippen LogP contribution in [0, 0.1) is 5.82 Å². The Balaban J connectivity index is 2.49. The number of carbonyl (C=O) groups excluding carboxylic acids is 1. The Bertz CT molecular complexity index is 382.